The van der Waals surface area contributed by atoms with Crippen LogP contribution >= 0.6 is 0 Å². The van der Waals surface area contributed by atoms with Gasteiger partial charge >= 0.3 is 5.97 Å². The zero-order valence-corrected chi connectivity index (χ0v) is 8.02. The molecule has 1 aliphatic heterocycles. The Morgan fingerprint density at radius 3 is 2.67 bits per heavy atom. The van der Waals surface area contributed by atoms with Crippen LogP contribution in [0.15, 0.2) is 0 Å². The highest BCUT2D eigenvalue weighted by Gasteiger charge is 2.38. The third-order valence-electron chi connectivity index (χ3n) is 2.20. The number of ether oxygens (including phenoxy) is 1. The molecule has 0 radical (unpaired) electrons. The van der Waals surface area contributed by atoms with E-state index in [0.29, 0.717) is 0 Å². The predicted molar refractivity (Wildman–Crippen MR) is 46.8 cm³/mol. The van der Waals surface area contributed by atoms with Gasteiger partial charge < -0.3 is 10.1 Å². The van der Waals surface area contributed by atoms with Crippen LogP contribution in [0.5, 0.6) is 0 Å². The predicted octanol–water partition coefficient (Wildman–Crippen LogP) is 0.938. The van der Waals surface area contributed by atoms with Crippen LogP contribution in [0.3, 0.4) is 0 Å². The number of carbonyl (C=O) groups excluding carboxylic acids is 1. The molecule has 1 unspecified atom stereocenters. The lowest BCUT2D eigenvalue weighted by Gasteiger charge is -2.21. The molecule has 0 aromatic rings. The smallest absolute Gasteiger partial charge is 0.313 e. The molecule has 0 spiro atoms. The van der Waals surface area contributed by atoms with Crippen molar-refractivity contribution in [3.63, 3.8) is 0 Å². The summed E-state index contributed by atoms with van der Waals surface area (Å²) >= 11 is 0. The standard InChI is InChI=1S/C9H17NO2/c1-7(2)12-8(11)9(3)4-5-10-6-9/h7,10H,4-6H2,1-3H3. The maximum atomic E-state index is 11.5. The second-order valence-electron chi connectivity index (χ2n) is 3.94. The van der Waals surface area contributed by atoms with Gasteiger partial charge in [0.1, 0.15) is 0 Å². The van der Waals surface area contributed by atoms with E-state index in [9.17, 15) is 4.79 Å². The Hall–Kier alpha value is -0.570. The molecule has 1 aliphatic rings. The van der Waals surface area contributed by atoms with Gasteiger partial charge in [0.15, 0.2) is 0 Å². The van der Waals surface area contributed by atoms with Gasteiger partial charge in [0.05, 0.1) is 11.5 Å². The minimum absolute atomic E-state index is 0.00470. The first-order valence-corrected chi connectivity index (χ1v) is 4.46. The first-order valence-electron chi connectivity index (χ1n) is 4.46. The maximum Gasteiger partial charge on any atom is 0.313 e. The van der Waals surface area contributed by atoms with Gasteiger partial charge in [-0.1, -0.05) is 0 Å². The van der Waals surface area contributed by atoms with Crippen molar-refractivity contribution in [2.75, 3.05) is 13.1 Å². The van der Waals surface area contributed by atoms with Crippen molar-refractivity contribution in [3.05, 3.63) is 0 Å². The molecule has 0 aliphatic carbocycles. The SMILES string of the molecule is CC(C)OC(=O)C1(C)CCNC1. The van der Waals surface area contributed by atoms with E-state index in [1.54, 1.807) is 0 Å². The van der Waals surface area contributed by atoms with Crippen molar-refractivity contribution >= 4 is 5.97 Å². The van der Waals surface area contributed by atoms with Crippen LogP contribution in [0.25, 0.3) is 0 Å². The molecule has 1 heterocycles. The highest BCUT2D eigenvalue weighted by Crippen LogP contribution is 2.26. The first-order chi connectivity index (χ1) is 5.54. The Morgan fingerprint density at radius 1 is 1.58 bits per heavy atom. The van der Waals surface area contributed by atoms with E-state index >= 15 is 0 Å². The van der Waals surface area contributed by atoms with E-state index in [2.05, 4.69) is 5.32 Å². The minimum Gasteiger partial charge on any atom is -0.463 e. The number of hydrogen-bond acceptors (Lipinski definition) is 3. The lowest BCUT2D eigenvalue weighted by molar-refractivity contribution is -0.157. The summed E-state index contributed by atoms with van der Waals surface area (Å²) in [7, 11) is 0. The second kappa shape index (κ2) is 3.44. The van der Waals surface area contributed by atoms with Crippen LogP contribution in [0, 0.1) is 5.41 Å². The van der Waals surface area contributed by atoms with Gasteiger partial charge in [-0.15, -0.1) is 0 Å². The van der Waals surface area contributed by atoms with Crippen LogP contribution in [0.4, 0.5) is 0 Å². The van der Waals surface area contributed by atoms with E-state index in [1.807, 2.05) is 20.8 Å². The molecule has 3 nitrogen and oxygen atoms in total. The lowest BCUT2D eigenvalue weighted by Crippen LogP contribution is -2.33. The van der Waals surface area contributed by atoms with E-state index in [-0.39, 0.29) is 17.5 Å². The number of carbonyl (C=O) groups is 1. The van der Waals surface area contributed by atoms with Crippen molar-refractivity contribution in [3.8, 4) is 0 Å². The van der Waals surface area contributed by atoms with Crippen LogP contribution in [0.1, 0.15) is 27.2 Å². The van der Waals surface area contributed by atoms with Crippen LogP contribution < -0.4 is 5.32 Å². The Labute approximate surface area is 73.5 Å². The van der Waals surface area contributed by atoms with Crippen molar-refractivity contribution in [1.82, 2.24) is 5.32 Å². The van der Waals surface area contributed by atoms with E-state index in [1.165, 1.54) is 0 Å². The molecule has 0 bridgehead atoms. The highest BCUT2D eigenvalue weighted by molar-refractivity contribution is 5.77. The van der Waals surface area contributed by atoms with E-state index < -0.39 is 0 Å². The maximum absolute atomic E-state index is 11.5. The number of rotatable bonds is 2. The molecule has 0 aromatic carbocycles. The molecule has 3 heteroatoms. The van der Waals surface area contributed by atoms with Crippen LogP contribution in [-0.2, 0) is 9.53 Å². The van der Waals surface area contributed by atoms with Crippen LogP contribution in [-0.4, -0.2) is 25.2 Å². The first kappa shape index (κ1) is 9.52. The van der Waals surface area contributed by atoms with Crippen molar-refractivity contribution in [1.29, 1.82) is 0 Å². The molecule has 0 saturated carbocycles. The summed E-state index contributed by atoms with van der Waals surface area (Å²) < 4.78 is 5.16. The average Bonchev–Trinajstić information content (AvgIpc) is 2.36. The fourth-order valence-corrected chi connectivity index (χ4v) is 1.35. The summed E-state index contributed by atoms with van der Waals surface area (Å²) in [4.78, 5) is 11.5. The molecule has 12 heavy (non-hydrogen) atoms. The molecule has 0 aromatic heterocycles. The molecule has 1 saturated heterocycles. The van der Waals surface area contributed by atoms with Gasteiger partial charge in [-0.3, -0.25) is 4.79 Å². The number of hydrogen-bond donors (Lipinski definition) is 1. The van der Waals surface area contributed by atoms with Gasteiger partial charge in [-0.25, -0.2) is 0 Å². The van der Waals surface area contributed by atoms with Gasteiger partial charge in [0.25, 0.3) is 0 Å². The molecular weight excluding hydrogens is 154 g/mol. The van der Waals surface area contributed by atoms with Gasteiger partial charge in [-0.05, 0) is 33.7 Å². The Morgan fingerprint density at radius 2 is 2.25 bits per heavy atom. The summed E-state index contributed by atoms with van der Waals surface area (Å²) in [6.45, 7) is 7.38. The van der Waals surface area contributed by atoms with Gasteiger partial charge in [0.2, 0.25) is 0 Å². The zero-order chi connectivity index (χ0) is 9.19. The largest absolute Gasteiger partial charge is 0.463 e. The molecule has 70 valence electrons. The second-order valence-corrected chi connectivity index (χ2v) is 3.94. The fraction of sp³-hybridized carbons (Fsp3) is 0.889. The third-order valence-corrected chi connectivity index (χ3v) is 2.20. The van der Waals surface area contributed by atoms with Gasteiger partial charge in [0, 0.05) is 6.54 Å². The number of esters is 1. The summed E-state index contributed by atoms with van der Waals surface area (Å²) in [5.74, 6) is -0.0671. The monoisotopic (exact) mass is 171 g/mol. The zero-order valence-electron chi connectivity index (χ0n) is 8.02. The van der Waals surface area contributed by atoms with Crippen LogP contribution in [0.2, 0.25) is 0 Å². The summed E-state index contributed by atoms with van der Waals surface area (Å²) in [5, 5.41) is 3.17. The Bertz CT molecular complexity index is 171. The summed E-state index contributed by atoms with van der Waals surface area (Å²) in [5.41, 5.74) is -0.287. The van der Waals surface area contributed by atoms with Crippen molar-refractivity contribution in [2.45, 2.75) is 33.3 Å². The molecule has 1 rings (SSSR count). The number of nitrogens with one attached hydrogen (secondary N) is 1. The summed E-state index contributed by atoms with van der Waals surface area (Å²) in [6.07, 6.45) is 0.883. The van der Waals surface area contributed by atoms with E-state index in [0.717, 1.165) is 19.5 Å². The molecule has 1 fully saturated rings. The average molecular weight is 171 g/mol. The molecular formula is C9H17NO2. The normalized spacial score (nSPS) is 29.3. The third kappa shape index (κ3) is 1.97. The highest BCUT2D eigenvalue weighted by atomic mass is 16.5. The Balaban J connectivity index is 2.50. The lowest BCUT2D eigenvalue weighted by atomic mass is 9.90. The van der Waals surface area contributed by atoms with E-state index in [4.69, 9.17) is 4.74 Å². The molecule has 0 amide bonds. The fourth-order valence-electron chi connectivity index (χ4n) is 1.35. The molecule has 1 atom stereocenters. The van der Waals surface area contributed by atoms with Crippen molar-refractivity contribution in [2.24, 2.45) is 5.41 Å². The summed E-state index contributed by atoms with van der Waals surface area (Å²) in [6, 6.07) is 0. The van der Waals surface area contributed by atoms with Crippen molar-refractivity contribution < 1.29 is 9.53 Å². The topological polar surface area (TPSA) is 38.3 Å². The Kier molecular flexibility index (Phi) is 2.73. The van der Waals surface area contributed by atoms with Gasteiger partial charge in [-0.2, -0.15) is 0 Å². The quantitative estimate of drug-likeness (QED) is 0.628. The minimum atomic E-state index is -0.287. The molecule has 1 N–H and O–H groups in total.